The highest BCUT2D eigenvalue weighted by atomic mass is 35.5. The summed E-state index contributed by atoms with van der Waals surface area (Å²) in [5.74, 6) is -1.96. The predicted octanol–water partition coefficient (Wildman–Crippen LogP) is 3.92. The summed E-state index contributed by atoms with van der Waals surface area (Å²) in [6.07, 6.45) is 0.152. The molecule has 2 aromatic rings. The molecule has 0 aliphatic carbocycles. The van der Waals surface area contributed by atoms with E-state index in [1.54, 1.807) is 25.1 Å². The minimum absolute atomic E-state index is 0.222. The van der Waals surface area contributed by atoms with Crippen molar-refractivity contribution in [2.24, 2.45) is 5.92 Å². The van der Waals surface area contributed by atoms with Gasteiger partial charge >= 0.3 is 5.97 Å². The molecule has 1 atom stereocenters. The van der Waals surface area contributed by atoms with Crippen molar-refractivity contribution in [2.45, 2.75) is 19.8 Å². The fourth-order valence-electron chi connectivity index (χ4n) is 2.34. The minimum Gasteiger partial charge on any atom is -0.481 e. The van der Waals surface area contributed by atoms with Crippen LogP contribution in [0.2, 0.25) is 5.02 Å². The van der Waals surface area contributed by atoms with Crippen LogP contribution in [0.4, 0.5) is 5.69 Å². The van der Waals surface area contributed by atoms with Crippen molar-refractivity contribution in [3.05, 3.63) is 64.7 Å². The number of amides is 1. The molecular weight excluding hydrogens is 314 g/mol. The van der Waals surface area contributed by atoms with Gasteiger partial charge in [-0.2, -0.15) is 0 Å². The first-order chi connectivity index (χ1) is 11.0. The molecule has 0 heterocycles. The Balaban J connectivity index is 2.16. The number of aliphatic carboxylic acids is 1. The van der Waals surface area contributed by atoms with E-state index in [4.69, 9.17) is 16.7 Å². The molecule has 5 heteroatoms. The largest absolute Gasteiger partial charge is 0.481 e. The maximum atomic E-state index is 12.5. The van der Waals surface area contributed by atoms with Gasteiger partial charge in [0.25, 0.3) is 0 Å². The Morgan fingerprint density at radius 1 is 1.13 bits per heavy atom. The second-order valence-corrected chi connectivity index (χ2v) is 5.79. The lowest BCUT2D eigenvalue weighted by Gasteiger charge is -2.16. The number of hydrogen-bond acceptors (Lipinski definition) is 2. The van der Waals surface area contributed by atoms with Crippen LogP contribution in [0, 0.1) is 12.8 Å². The monoisotopic (exact) mass is 331 g/mol. The van der Waals surface area contributed by atoms with Gasteiger partial charge < -0.3 is 10.4 Å². The lowest BCUT2D eigenvalue weighted by Crippen LogP contribution is -2.27. The second-order valence-electron chi connectivity index (χ2n) is 5.39. The van der Waals surface area contributed by atoms with Gasteiger partial charge in [-0.25, -0.2) is 0 Å². The molecule has 0 spiro atoms. The van der Waals surface area contributed by atoms with E-state index in [9.17, 15) is 9.59 Å². The first-order valence-electron chi connectivity index (χ1n) is 7.29. The molecule has 0 fully saturated rings. The number of rotatable bonds is 6. The van der Waals surface area contributed by atoms with E-state index in [1.165, 1.54) is 0 Å². The van der Waals surface area contributed by atoms with E-state index in [-0.39, 0.29) is 12.3 Å². The third kappa shape index (κ3) is 4.83. The van der Waals surface area contributed by atoms with Crippen molar-refractivity contribution in [3.63, 3.8) is 0 Å². The Kier molecular flexibility index (Phi) is 5.77. The molecule has 0 aromatic heterocycles. The average Bonchev–Trinajstić information content (AvgIpc) is 2.52. The number of halogens is 1. The third-order valence-electron chi connectivity index (χ3n) is 3.64. The predicted molar refractivity (Wildman–Crippen MR) is 90.7 cm³/mol. The quantitative estimate of drug-likeness (QED) is 0.843. The first-order valence-corrected chi connectivity index (χ1v) is 7.67. The maximum absolute atomic E-state index is 12.5. The molecule has 4 nitrogen and oxygen atoms in total. The highest BCUT2D eigenvalue weighted by Crippen LogP contribution is 2.24. The van der Waals surface area contributed by atoms with Crippen molar-refractivity contribution in [1.82, 2.24) is 0 Å². The Morgan fingerprint density at radius 3 is 2.48 bits per heavy atom. The Morgan fingerprint density at radius 2 is 1.83 bits per heavy atom. The summed E-state index contributed by atoms with van der Waals surface area (Å²) < 4.78 is 0. The standard InChI is InChI=1S/C18H18ClNO3/c1-12-15(19)8-5-9-16(12)20-18(23)14(11-17(21)22)10-13-6-3-2-4-7-13/h2-9,14H,10-11H2,1H3,(H,20,23)(H,21,22)/t14-/m1/s1. The van der Waals surface area contributed by atoms with E-state index in [1.807, 2.05) is 30.3 Å². The molecule has 0 bridgehead atoms. The molecule has 0 aliphatic heterocycles. The molecule has 2 rings (SSSR count). The zero-order valence-corrected chi connectivity index (χ0v) is 13.5. The van der Waals surface area contributed by atoms with Gasteiger partial charge in [0, 0.05) is 10.7 Å². The van der Waals surface area contributed by atoms with E-state index in [2.05, 4.69) is 5.32 Å². The summed E-state index contributed by atoms with van der Waals surface area (Å²) >= 11 is 6.05. The van der Waals surface area contributed by atoms with Crippen LogP contribution in [-0.2, 0) is 16.0 Å². The van der Waals surface area contributed by atoms with Crippen molar-refractivity contribution in [1.29, 1.82) is 0 Å². The highest BCUT2D eigenvalue weighted by molar-refractivity contribution is 6.31. The lowest BCUT2D eigenvalue weighted by atomic mass is 9.95. The highest BCUT2D eigenvalue weighted by Gasteiger charge is 2.23. The minimum atomic E-state index is -0.996. The van der Waals surface area contributed by atoms with Crippen molar-refractivity contribution in [2.75, 3.05) is 5.32 Å². The number of carboxylic acid groups (broad SMARTS) is 1. The fraction of sp³-hybridized carbons (Fsp3) is 0.222. The topological polar surface area (TPSA) is 66.4 Å². The molecule has 120 valence electrons. The zero-order valence-electron chi connectivity index (χ0n) is 12.8. The van der Waals surface area contributed by atoms with E-state index in [0.717, 1.165) is 11.1 Å². The molecular formula is C18H18ClNO3. The van der Waals surface area contributed by atoms with Gasteiger partial charge in [-0.15, -0.1) is 0 Å². The van der Waals surface area contributed by atoms with E-state index < -0.39 is 11.9 Å². The SMILES string of the molecule is Cc1c(Cl)cccc1NC(=O)[C@@H](CC(=O)O)Cc1ccccc1. The molecule has 1 amide bonds. The Labute approximate surface area is 140 Å². The van der Waals surface area contributed by atoms with Gasteiger partial charge in [0.15, 0.2) is 0 Å². The smallest absolute Gasteiger partial charge is 0.304 e. The number of anilines is 1. The summed E-state index contributed by atoms with van der Waals surface area (Å²) in [5.41, 5.74) is 2.29. The van der Waals surface area contributed by atoms with Crippen LogP contribution in [0.5, 0.6) is 0 Å². The van der Waals surface area contributed by atoms with Crippen molar-refractivity contribution >= 4 is 29.2 Å². The molecule has 2 aromatic carbocycles. The molecule has 0 saturated heterocycles. The zero-order chi connectivity index (χ0) is 16.8. The van der Waals surface area contributed by atoms with Crippen LogP contribution in [0.3, 0.4) is 0 Å². The van der Waals surface area contributed by atoms with Gasteiger partial charge in [0.05, 0.1) is 12.3 Å². The summed E-state index contributed by atoms with van der Waals surface area (Å²) in [7, 11) is 0. The lowest BCUT2D eigenvalue weighted by molar-refractivity contribution is -0.140. The molecule has 0 aliphatic rings. The summed E-state index contributed by atoms with van der Waals surface area (Å²) in [6, 6.07) is 14.6. The molecule has 23 heavy (non-hydrogen) atoms. The number of nitrogens with one attached hydrogen (secondary N) is 1. The van der Waals surface area contributed by atoms with E-state index >= 15 is 0 Å². The van der Waals surface area contributed by atoms with Crippen molar-refractivity contribution < 1.29 is 14.7 Å². The van der Waals surface area contributed by atoms with Crippen LogP contribution >= 0.6 is 11.6 Å². The van der Waals surface area contributed by atoms with Crippen LogP contribution in [0.15, 0.2) is 48.5 Å². The summed E-state index contributed by atoms with van der Waals surface area (Å²) in [6.45, 7) is 1.81. The summed E-state index contributed by atoms with van der Waals surface area (Å²) in [4.78, 5) is 23.6. The molecule has 0 saturated carbocycles. The third-order valence-corrected chi connectivity index (χ3v) is 4.05. The Bertz CT molecular complexity index is 701. The first kappa shape index (κ1) is 17.0. The van der Waals surface area contributed by atoms with E-state index in [0.29, 0.717) is 17.1 Å². The average molecular weight is 332 g/mol. The number of benzene rings is 2. The fourth-order valence-corrected chi connectivity index (χ4v) is 2.52. The Hall–Kier alpha value is -2.33. The number of carboxylic acids is 1. The molecule has 0 unspecified atom stereocenters. The van der Waals surface area contributed by atoms with Gasteiger partial charge in [-0.1, -0.05) is 48.0 Å². The number of hydrogen-bond donors (Lipinski definition) is 2. The maximum Gasteiger partial charge on any atom is 0.304 e. The number of carbonyl (C=O) groups excluding carboxylic acids is 1. The van der Waals surface area contributed by atoms with Crippen LogP contribution < -0.4 is 5.32 Å². The number of carbonyl (C=O) groups is 2. The molecule has 2 N–H and O–H groups in total. The summed E-state index contributed by atoms with van der Waals surface area (Å²) in [5, 5.41) is 12.4. The normalized spacial score (nSPS) is 11.7. The van der Waals surface area contributed by atoms with Crippen LogP contribution in [0.1, 0.15) is 17.5 Å². The second kappa shape index (κ2) is 7.79. The van der Waals surface area contributed by atoms with Crippen molar-refractivity contribution in [3.8, 4) is 0 Å². The van der Waals surface area contributed by atoms with Gasteiger partial charge in [-0.3, -0.25) is 9.59 Å². The van der Waals surface area contributed by atoms with Crippen LogP contribution in [0.25, 0.3) is 0 Å². The molecule has 0 radical (unpaired) electrons. The van der Waals surface area contributed by atoms with Crippen LogP contribution in [-0.4, -0.2) is 17.0 Å². The van der Waals surface area contributed by atoms with Gasteiger partial charge in [0.1, 0.15) is 0 Å². The van der Waals surface area contributed by atoms with Gasteiger partial charge in [0.2, 0.25) is 5.91 Å². The van der Waals surface area contributed by atoms with Gasteiger partial charge in [-0.05, 0) is 36.6 Å².